The minimum Gasteiger partial charge on any atom is -0.435 e. The normalized spacial score (nSPS) is 12.9. The fraction of sp³-hybridized carbons (Fsp3) is 0.625. The van der Waals surface area contributed by atoms with Crippen LogP contribution in [-0.2, 0) is 0 Å². The molecule has 1 atom stereocenters. The molecule has 0 amide bonds. The fourth-order valence-electron chi connectivity index (χ4n) is 2.42. The summed E-state index contributed by atoms with van der Waals surface area (Å²) in [6.45, 7) is 3.62. The van der Waals surface area contributed by atoms with Gasteiger partial charge in [-0.15, -0.1) is 0 Å². The Labute approximate surface area is 120 Å². The third-order valence-electron chi connectivity index (χ3n) is 3.34. The molecule has 0 fully saturated rings. The molecule has 4 heteroatoms. The Morgan fingerprint density at radius 1 is 1.15 bits per heavy atom. The second kappa shape index (κ2) is 8.90. The fourth-order valence-corrected chi connectivity index (χ4v) is 2.42. The van der Waals surface area contributed by atoms with E-state index in [0.29, 0.717) is 6.04 Å². The van der Waals surface area contributed by atoms with E-state index >= 15 is 0 Å². The van der Waals surface area contributed by atoms with Crippen LogP contribution >= 0.6 is 0 Å². The lowest BCUT2D eigenvalue weighted by atomic mass is 10.0. The van der Waals surface area contributed by atoms with Gasteiger partial charge in [-0.3, -0.25) is 0 Å². The molecule has 1 N–H and O–H groups in total. The number of hydrogen-bond donors (Lipinski definition) is 1. The molecule has 0 saturated heterocycles. The van der Waals surface area contributed by atoms with Crippen LogP contribution in [0.25, 0.3) is 0 Å². The Kier molecular flexibility index (Phi) is 7.52. The molecule has 114 valence electrons. The first-order chi connectivity index (χ1) is 9.56. The molecule has 1 unspecified atom stereocenters. The molecule has 1 aromatic rings. The van der Waals surface area contributed by atoms with Crippen molar-refractivity contribution < 1.29 is 13.5 Å². The van der Waals surface area contributed by atoms with Crippen LogP contribution in [0.15, 0.2) is 24.3 Å². The third kappa shape index (κ3) is 5.87. The molecule has 0 aliphatic rings. The van der Waals surface area contributed by atoms with Crippen LogP contribution < -0.4 is 10.1 Å². The van der Waals surface area contributed by atoms with E-state index in [-0.39, 0.29) is 11.8 Å². The SMILES string of the molecule is CCCC(CCC)NC(C)c1cccc(OC(F)F)c1. The molecule has 1 rings (SSSR count). The van der Waals surface area contributed by atoms with Crippen molar-refractivity contribution in [2.75, 3.05) is 0 Å². The van der Waals surface area contributed by atoms with Crippen molar-refractivity contribution in [2.24, 2.45) is 0 Å². The van der Waals surface area contributed by atoms with E-state index in [0.717, 1.165) is 31.2 Å². The number of rotatable bonds is 9. The van der Waals surface area contributed by atoms with E-state index < -0.39 is 6.61 Å². The summed E-state index contributed by atoms with van der Waals surface area (Å²) in [5, 5.41) is 3.57. The van der Waals surface area contributed by atoms with Gasteiger partial charge < -0.3 is 10.1 Å². The monoisotopic (exact) mass is 285 g/mol. The predicted molar refractivity (Wildman–Crippen MR) is 78.2 cm³/mol. The average Bonchev–Trinajstić information content (AvgIpc) is 2.38. The minimum atomic E-state index is -2.78. The summed E-state index contributed by atoms with van der Waals surface area (Å²) in [5.74, 6) is 0.216. The van der Waals surface area contributed by atoms with E-state index in [1.807, 2.05) is 6.07 Å². The second-order valence-corrected chi connectivity index (χ2v) is 5.11. The number of hydrogen-bond acceptors (Lipinski definition) is 2. The maximum Gasteiger partial charge on any atom is 0.387 e. The van der Waals surface area contributed by atoms with Gasteiger partial charge in [0.25, 0.3) is 0 Å². The van der Waals surface area contributed by atoms with Gasteiger partial charge in [-0.2, -0.15) is 8.78 Å². The van der Waals surface area contributed by atoms with E-state index in [9.17, 15) is 8.78 Å². The van der Waals surface area contributed by atoms with Crippen LogP contribution in [0.2, 0.25) is 0 Å². The first-order valence-corrected chi connectivity index (χ1v) is 7.37. The predicted octanol–water partition coefficient (Wildman–Crippen LogP) is 4.91. The molecular formula is C16H25F2NO. The molecule has 20 heavy (non-hydrogen) atoms. The summed E-state index contributed by atoms with van der Waals surface area (Å²) in [5.41, 5.74) is 0.973. The van der Waals surface area contributed by atoms with Crippen molar-refractivity contribution in [3.05, 3.63) is 29.8 Å². The topological polar surface area (TPSA) is 21.3 Å². The molecule has 0 radical (unpaired) electrons. The van der Waals surface area contributed by atoms with Gasteiger partial charge in [-0.25, -0.2) is 0 Å². The molecule has 1 aromatic carbocycles. The number of benzene rings is 1. The smallest absolute Gasteiger partial charge is 0.387 e. The molecule has 0 heterocycles. The highest BCUT2D eigenvalue weighted by molar-refractivity contribution is 5.30. The first-order valence-electron chi connectivity index (χ1n) is 7.37. The molecule has 2 nitrogen and oxygen atoms in total. The van der Waals surface area contributed by atoms with Gasteiger partial charge in [-0.05, 0) is 37.5 Å². The van der Waals surface area contributed by atoms with E-state index in [2.05, 4.69) is 30.8 Å². The van der Waals surface area contributed by atoms with Gasteiger partial charge in [0.1, 0.15) is 5.75 Å². The first kappa shape index (κ1) is 16.9. The highest BCUT2D eigenvalue weighted by Crippen LogP contribution is 2.22. The summed E-state index contributed by atoms with van der Waals surface area (Å²) < 4.78 is 28.9. The largest absolute Gasteiger partial charge is 0.435 e. The maximum atomic E-state index is 12.2. The van der Waals surface area contributed by atoms with Crippen LogP contribution in [0.4, 0.5) is 8.78 Å². The van der Waals surface area contributed by atoms with E-state index in [1.54, 1.807) is 18.2 Å². The summed E-state index contributed by atoms with van der Waals surface area (Å²) in [7, 11) is 0. The van der Waals surface area contributed by atoms with Crippen molar-refractivity contribution in [3.63, 3.8) is 0 Å². The van der Waals surface area contributed by atoms with Crippen molar-refractivity contribution in [1.82, 2.24) is 5.32 Å². The maximum absolute atomic E-state index is 12.2. The van der Waals surface area contributed by atoms with Gasteiger partial charge in [0.15, 0.2) is 0 Å². The lowest BCUT2D eigenvalue weighted by Gasteiger charge is -2.23. The zero-order valence-electron chi connectivity index (χ0n) is 12.5. The number of nitrogens with one attached hydrogen (secondary N) is 1. The Hall–Kier alpha value is -1.16. The number of ether oxygens (including phenoxy) is 1. The van der Waals surface area contributed by atoms with Crippen LogP contribution in [0.3, 0.4) is 0 Å². The van der Waals surface area contributed by atoms with Gasteiger partial charge in [0, 0.05) is 12.1 Å². The Morgan fingerprint density at radius 2 is 1.80 bits per heavy atom. The second-order valence-electron chi connectivity index (χ2n) is 5.11. The minimum absolute atomic E-state index is 0.124. The lowest BCUT2D eigenvalue weighted by molar-refractivity contribution is -0.0499. The Bertz CT molecular complexity index is 378. The van der Waals surface area contributed by atoms with E-state index in [1.165, 1.54) is 0 Å². The molecule has 0 aliphatic carbocycles. The average molecular weight is 285 g/mol. The zero-order valence-corrected chi connectivity index (χ0v) is 12.5. The quantitative estimate of drug-likeness (QED) is 0.696. The van der Waals surface area contributed by atoms with Gasteiger partial charge in [-0.1, -0.05) is 38.8 Å². The summed E-state index contributed by atoms with van der Waals surface area (Å²) >= 11 is 0. The Morgan fingerprint density at radius 3 is 2.35 bits per heavy atom. The number of alkyl halides is 2. The van der Waals surface area contributed by atoms with Crippen LogP contribution in [-0.4, -0.2) is 12.7 Å². The van der Waals surface area contributed by atoms with Crippen molar-refractivity contribution in [1.29, 1.82) is 0 Å². The number of halogens is 2. The zero-order chi connectivity index (χ0) is 15.0. The third-order valence-corrected chi connectivity index (χ3v) is 3.34. The highest BCUT2D eigenvalue weighted by Gasteiger charge is 2.13. The van der Waals surface area contributed by atoms with Crippen LogP contribution in [0.5, 0.6) is 5.75 Å². The lowest BCUT2D eigenvalue weighted by Crippen LogP contribution is -2.31. The molecule has 0 aromatic heterocycles. The molecule has 0 aliphatic heterocycles. The van der Waals surface area contributed by atoms with Gasteiger partial charge >= 0.3 is 6.61 Å². The van der Waals surface area contributed by atoms with Gasteiger partial charge in [0.05, 0.1) is 0 Å². The standard InChI is InChI=1S/C16H25F2NO/c1-4-7-14(8-5-2)19-12(3)13-9-6-10-15(11-13)20-16(17)18/h6,9-12,14,16,19H,4-5,7-8H2,1-3H3. The summed E-state index contributed by atoms with van der Waals surface area (Å²) in [6, 6.07) is 7.51. The van der Waals surface area contributed by atoms with E-state index in [4.69, 9.17) is 0 Å². The van der Waals surface area contributed by atoms with Crippen LogP contribution in [0.1, 0.15) is 58.1 Å². The summed E-state index contributed by atoms with van der Waals surface area (Å²) in [4.78, 5) is 0. The molecule has 0 bridgehead atoms. The van der Waals surface area contributed by atoms with Crippen molar-refractivity contribution >= 4 is 0 Å². The van der Waals surface area contributed by atoms with Crippen molar-refractivity contribution in [3.8, 4) is 5.75 Å². The molecule has 0 saturated carbocycles. The van der Waals surface area contributed by atoms with Gasteiger partial charge in [0.2, 0.25) is 0 Å². The highest BCUT2D eigenvalue weighted by atomic mass is 19.3. The molecule has 0 spiro atoms. The van der Waals surface area contributed by atoms with Crippen molar-refractivity contribution in [2.45, 2.75) is 65.1 Å². The Balaban J connectivity index is 2.67. The molecular weight excluding hydrogens is 260 g/mol. The van der Waals surface area contributed by atoms with Crippen LogP contribution in [0, 0.1) is 0 Å². The summed E-state index contributed by atoms with van der Waals surface area (Å²) in [6.07, 6.45) is 4.54.